The molecule has 172 valence electrons. The number of nitrogens with zero attached hydrogens (tertiary/aromatic N) is 2. The summed E-state index contributed by atoms with van der Waals surface area (Å²) in [6.07, 6.45) is 5.94. The molecule has 2 heterocycles. The zero-order chi connectivity index (χ0) is 22.5. The third-order valence-corrected chi connectivity index (χ3v) is 6.93. The highest BCUT2D eigenvalue weighted by molar-refractivity contribution is 5.98. The Kier molecular flexibility index (Phi) is 7.81. The van der Waals surface area contributed by atoms with Crippen LogP contribution in [0, 0.1) is 11.8 Å². The molecule has 0 aliphatic carbocycles. The number of benzene rings is 1. The monoisotopic (exact) mass is 430 g/mol. The second-order valence-electron chi connectivity index (χ2n) is 9.36. The highest BCUT2D eigenvalue weighted by Gasteiger charge is 2.35. The molecule has 0 aromatic heterocycles. The van der Waals surface area contributed by atoms with Gasteiger partial charge in [-0.2, -0.15) is 0 Å². The van der Waals surface area contributed by atoms with Crippen LogP contribution in [0.3, 0.4) is 0 Å². The van der Waals surface area contributed by atoms with Gasteiger partial charge in [-0.15, -0.1) is 0 Å². The first-order valence-corrected chi connectivity index (χ1v) is 11.5. The van der Waals surface area contributed by atoms with E-state index in [2.05, 4.69) is 17.3 Å². The first-order valence-electron chi connectivity index (χ1n) is 11.5. The number of anilines is 1. The van der Waals surface area contributed by atoms with Crippen LogP contribution < -0.4 is 15.8 Å². The van der Waals surface area contributed by atoms with Crippen LogP contribution >= 0.6 is 0 Å². The lowest BCUT2D eigenvalue weighted by atomic mass is 9.83. The largest absolute Gasteiger partial charge is 0.495 e. The van der Waals surface area contributed by atoms with Gasteiger partial charge in [0.05, 0.1) is 12.8 Å². The Labute approximate surface area is 186 Å². The van der Waals surface area contributed by atoms with Gasteiger partial charge in [-0.1, -0.05) is 20.3 Å². The Morgan fingerprint density at radius 2 is 1.84 bits per heavy atom. The van der Waals surface area contributed by atoms with Crippen LogP contribution in [0.25, 0.3) is 0 Å². The van der Waals surface area contributed by atoms with E-state index in [-0.39, 0.29) is 17.7 Å². The first kappa shape index (κ1) is 23.4. The Bertz CT molecular complexity index is 774. The Hall–Kier alpha value is -2.28. The molecule has 2 aliphatic rings. The van der Waals surface area contributed by atoms with E-state index >= 15 is 0 Å². The van der Waals surface area contributed by atoms with Crippen molar-refractivity contribution in [1.29, 1.82) is 0 Å². The summed E-state index contributed by atoms with van der Waals surface area (Å²) in [5, 5.41) is 2.94. The number of hydrogen-bond acceptors (Lipinski definition) is 5. The molecule has 1 aromatic rings. The number of carbonyl (C=O) groups excluding carboxylic acids is 2. The maximum Gasteiger partial charge on any atom is 0.252 e. The minimum absolute atomic E-state index is 0.00533. The van der Waals surface area contributed by atoms with Crippen molar-refractivity contribution < 1.29 is 14.3 Å². The molecule has 1 unspecified atom stereocenters. The number of nitrogens with one attached hydrogen (secondary N) is 1. The smallest absolute Gasteiger partial charge is 0.252 e. The van der Waals surface area contributed by atoms with E-state index in [9.17, 15) is 9.59 Å². The number of amides is 2. The third kappa shape index (κ3) is 5.50. The van der Waals surface area contributed by atoms with Gasteiger partial charge in [-0.3, -0.25) is 9.59 Å². The fourth-order valence-corrected chi connectivity index (χ4v) is 5.01. The standard InChI is InChI=1S/C24H38N4O3/c1-16(2)22(26-23(29)18-8-9-21(31-4)19(25)15-18)24(30)28-13-10-17(11-14-28)20-7-5-6-12-27(20)3/h8-9,15-17,20,22H,5-7,10-14,25H2,1-4H3,(H,26,29)/t20?,22-/m1/s1. The minimum atomic E-state index is -0.551. The summed E-state index contributed by atoms with van der Waals surface area (Å²) in [5.41, 5.74) is 6.76. The van der Waals surface area contributed by atoms with Crippen molar-refractivity contribution in [2.75, 3.05) is 39.5 Å². The summed E-state index contributed by atoms with van der Waals surface area (Å²) in [5.74, 6) is 0.901. The van der Waals surface area contributed by atoms with Gasteiger partial charge in [0.2, 0.25) is 5.91 Å². The molecule has 0 radical (unpaired) electrons. The Morgan fingerprint density at radius 3 is 2.42 bits per heavy atom. The molecular weight excluding hydrogens is 392 g/mol. The summed E-state index contributed by atoms with van der Waals surface area (Å²) in [7, 11) is 3.77. The third-order valence-electron chi connectivity index (χ3n) is 6.93. The summed E-state index contributed by atoms with van der Waals surface area (Å²) in [4.78, 5) is 30.5. The number of piperidine rings is 2. The van der Waals surface area contributed by atoms with Crippen LogP contribution in [0.15, 0.2) is 18.2 Å². The van der Waals surface area contributed by atoms with Gasteiger partial charge in [-0.05, 0) is 69.3 Å². The Balaban J connectivity index is 1.60. The summed E-state index contributed by atoms with van der Waals surface area (Å²) in [6.45, 7) is 6.65. The molecule has 3 N–H and O–H groups in total. The van der Waals surface area contributed by atoms with Gasteiger partial charge >= 0.3 is 0 Å². The zero-order valence-electron chi connectivity index (χ0n) is 19.4. The maximum atomic E-state index is 13.3. The lowest BCUT2D eigenvalue weighted by Crippen LogP contribution is -2.54. The zero-order valence-corrected chi connectivity index (χ0v) is 19.4. The van der Waals surface area contributed by atoms with E-state index in [1.165, 1.54) is 32.9 Å². The van der Waals surface area contributed by atoms with Crippen LogP contribution in [0.5, 0.6) is 5.75 Å². The molecule has 2 atom stereocenters. The van der Waals surface area contributed by atoms with Crippen molar-refractivity contribution in [1.82, 2.24) is 15.1 Å². The van der Waals surface area contributed by atoms with Gasteiger partial charge < -0.3 is 25.6 Å². The number of carbonyl (C=O) groups is 2. The number of nitrogen functional groups attached to an aromatic ring is 1. The molecule has 0 saturated carbocycles. The van der Waals surface area contributed by atoms with Gasteiger partial charge in [0.1, 0.15) is 11.8 Å². The lowest BCUT2D eigenvalue weighted by molar-refractivity contribution is -0.136. The molecule has 1 aromatic carbocycles. The fraction of sp³-hybridized carbons (Fsp3) is 0.667. The lowest BCUT2D eigenvalue weighted by Gasteiger charge is -2.43. The van der Waals surface area contributed by atoms with E-state index in [0.29, 0.717) is 29.0 Å². The normalized spacial score (nSPS) is 21.7. The van der Waals surface area contributed by atoms with Gasteiger partial charge in [0.25, 0.3) is 5.91 Å². The quantitative estimate of drug-likeness (QED) is 0.678. The van der Waals surface area contributed by atoms with Crippen molar-refractivity contribution in [3.8, 4) is 5.75 Å². The molecule has 2 fully saturated rings. The molecule has 7 nitrogen and oxygen atoms in total. The van der Waals surface area contributed by atoms with Crippen molar-refractivity contribution >= 4 is 17.5 Å². The van der Waals surface area contributed by atoms with Crippen LogP contribution in [-0.4, -0.2) is 67.5 Å². The minimum Gasteiger partial charge on any atom is -0.495 e. The maximum absolute atomic E-state index is 13.3. The second-order valence-corrected chi connectivity index (χ2v) is 9.36. The van der Waals surface area contributed by atoms with Crippen LogP contribution in [0.1, 0.15) is 56.3 Å². The number of methoxy groups -OCH3 is 1. The predicted octanol–water partition coefficient (Wildman–Crippen LogP) is 2.75. The van der Waals surface area contributed by atoms with E-state index in [4.69, 9.17) is 10.5 Å². The van der Waals surface area contributed by atoms with Crippen LogP contribution in [0.2, 0.25) is 0 Å². The topological polar surface area (TPSA) is 87.9 Å². The van der Waals surface area contributed by atoms with Gasteiger partial charge in [-0.25, -0.2) is 0 Å². The highest BCUT2D eigenvalue weighted by atomic mass is 16.5. The van der Waals surface area contributed by atoms with Crippen LogP contribution in [-0.2, 0) is 4.79 Å². The van der Waals surface area contributed by atoms with Crippen LogP contribution in [0.4, 0.5) is 5.69 Å². The number of nitrogens with two attached hydrogens (primary N) is 1. The molecule has 2 aliphatic heterocycles. The van der Waals surface area contributed by atoms with Crippen molar-refractivity contribution in [2.45, 2.75) is 58.0 Å². The predicted molar refractivity (Wildman–Crippen MR) is 123 cm³/mol. The van der Waals surface area contributed by atoms with E-state index in [1.54, 1.807) is 18.2 Å². The number of hydrogen-bond donors (Lipinski definition) is 2. The molecular formula is C24H38N4O3. The Morgan fingerprint density at radius 1 is 1.13 bits per heavy atom. The SMILES string of the molecule is COc1ccc(C(=O)N[C@@H](C(=O)N2CCC(C3CCCCN3C)CC2)C(C)C)cc1N. The molecule has 7 heteroatoms. The molecule has 0 spiro atoms. The first-order chi connectivity index (χ1) is 14.8. The van der Waals surface area contributed by atoms with E-state index in [0.717, 1.165) is 25.9 Å². The van der Waals surface area contributed by atoms with Crippen molar-refractivity contribution in [3.63, 3.8) is 0 Å². The van der Waals surface area contributed by atoms with Crippen molar-refractivity contribution in [3.05, 3.63) is 23.8 Å². The van der Waals surface area contributed by atoms with Crippen molar-refractivity contribution in [2.24, 2.45) is 11.8 Å². The highest BCUT2D eigenvalue weighted by Crippen LogP contribution is 2.30. The van der Waals surface area contributed by atoms with E-state index in [1.807, 2.05) is 18.7 Å². The molecule has 0 bridgehead atoms. The van der Waals surface area contributed by atoms with E-state index < -0.39 is 6.04 Å². The average Bonchev–Trinajstić information content (AvgIpc) is 2.77. The molecule has 3 rings (SSSR count). The second kappa shape index (κ2) is 10.4. The average molecular weight is 431 g/mol. The summed E-state index contributed by atoms with van der Waals surface area (Å²) in [6, 6.07) is 5.02. The van der Waals surface area contributed by atoms with Gasteiger partial charge in [0, 0.05) is 24.7 Å². The molecule has 31 heavy (non-hydrogen) atoms. The fourth-order valence-electron chi connectivity index (χ4n) is 5.01. The molecule has 2 saturated heterocycles. The number of rotatable bonds is 6. The summed E-state index contributed by atoms with van der Waals surface area (Å²) >= 11 is 0. The summed E-state index contributed by atoms with van der Waals surface area (Å²) < 4.78 is 5.16. The molecule has 2 amide bonds. The number of ether oxygens (including phenoxy) is 1. The number of likely N-dealkylation sites (tertiary alicyclic amines) is 2. The van der Waals surface area contributed by atoms with Gasteiger partial charge in [0.15, 0.2) is 0 Å².